The number of benzene rings is 1. The first-order valence-electron chi connectivity index (χ1n) is 9.06. The van der Waals surface area contributed by atoms with Crippen LogP contribution in [0.2, 0.25) is 5.02 Å². The molecule has 1 aromatic carbocycles. The summed E-state index contributed by atoms with van der Waals surface area (Å²) >= 11 is 6.31. The first kappa shape index (κ1) is 17.5. The second-order valence-electron chi connectivity index (χ2n) is 7.49. The fourth-order valence-corrected chi connectivity index (χ4v) is 4.18. The maximum absolute atomic E-state index is 11.2. The van der Waals surface area contributed by atoms with Crippen molar-refractivity contribution in [3.63, 3.8) is 0 Å². The van der Waals surface area contributed by atoms with Gasteiger partial charge in [0.2, 0.25) is 0 Å². The Bertz CT molecular complexity index is 933. The highest BCUT2D eigenvalue weighted by atomic mass is 35.5. The molecule has 1 N–H and O–H groups in total. The molecule has 5 heteroatoms. The van der Waals surface area contributed by atoms with Gasteiger partial charge in [0.25, 0.3) is 0 Å². The Morgan fingerprint density at radius 3 is 2.65 bits per heavy atom. The predicted octanol–water partition coefficient (Wildman–Crippen LogP) is 3.63. The van der Waals surface area contributed by atoms with Crippen LogP contribution in [0.15, 0.2) is 42.7 Å². The summed E-state index contributed by atoms with van der Waals surface area (Å²) in [6, 6.07) is 9.87. The van der Waals surface area contributed by atoms with Crippen LogP contribution < -0.4 is 0 Å². The van der Waals surface area contributed by atoms with Crippen LogP contribution in [0.4, 0.5) is 0 Å². The molecule has 4 rings (SSSR count). The van der Waals surface area contributed by atoms with Crippen LogP contribution >= 0.6 is 11.6 Å². The summed E-state index contributed by atoms with van der Waals surface area (Å²) in [5.41, 5.74) is 3.72. The number of aliphatic hydroxyl groups is 1. The molecule has 0 bridgehead atoms. The molecule has 1 atom stereocenters. The molecule has 0 saturated carbocycles. The number of rotatable bonds is 3. The standard InChI is InChI=1S/C21H24ClN3O/c1-21(26,15-5-9-23-10-6-15)14-25-19-8-12-24(2)11-7-18(19)17-4-3-16(22)13-20(17)25/h3-6,9-10,13,26H,7-8,11-12,14H2,1-2H3. The number of fused-ring (bicyclic) bond motifs is 3. The van der Waals surface area contributed by atoms with Gasteiger partial charge in [-0.1, -0.05) is 17.7 Å². The number of nitrogens with zero attached hydrogens (tertiary/aromatic N) is 3. The van der Waals surface area contributed by atoms with Crippen LogP contribution in [0.25, 0.3) is 10.9 Å². The number of hydrogen-bond donors (Lipinski definition) is 1. The van der Waals surface area contributed by atoms with E-state index in [2.05, 4.69) is 27.6 Å². The Morgan fingerprint density at radius 1 is 1.15 bits per heavy atom. The lowest BCUT2D eigenvalue weighted by atomic mass is 9.97. The lowest BCUT2D eigenvalue weighted by molar-refractivity contribution is 0.0387. The minimum atomic E-state index is -0.983. The summed E-state index contributed by atoms with van der Waals surface area (Å²) in [4.78, 5) is 6.44. The SMILES string of the molecule is CN1CCc2c(n(CC(C)(O)c3ccncc3)c3cc(Cl)ccc23)CC1. The van der Waals surface area contributed by atoms with E-state index in [1.165, 1.54) is 16.6 Å². The van der Waals surface area contributed by atoms with Crippen LogP contribution in [-0.4, -0.2) is 39.7 Å². The van der Waals surface area contributed by atoms with Gasteiger partial charge in [0.1, 0.15) is 5.60 Å². The summed E-state index contributed by atoms with van der Waals surface area (Å²) in [7, 11) is 2.17. The van der Waals surface area contributed by atoms with Crippen molar-refractivity contribution in [1.82, 2.24) is 14.5 Å². The molecule has 1 aliphatic heterocycles. The largest absolute Gasteiger partial charge is 0.384 e. The van der Waals surface area contributed by atoms with Crippen molar-refractivity contribution in [3.8, 4) is 0 Å². The van der Waals surface area contributed by atoms with Crippen molar-refractivity contribution < 1.29 is 5.11 Å². The van der Waals surface area contributed by atoms with E-state index >= 15 is 0 Å². The predicted molar refractivity (Wildman–Crippen MR) is 106 cm³/mol. The maximum Gasteiger partial charge on any atom is 0.105 e. The molecule has 3 aromatic rings. The Labute approximate surface area is 159 Å². The van der Waals surface area contributed by atoms with Crippen LogP contribution in [0.5, 0.6) is 0 Å². The molecule has 4 nitrogen and oxygen atoms in total. The summed E-state index contributed by atoms with van der Waals surface area (Å²) in [6.45, 7) is 4.44. The molecule has 0 radical (unpaired) electrons. The van der Waals surface area contributed by atoms with Gasteiger partial charge in [-0.3, -0.25) is 4.98 Å². The summed E-state index contributed by atoms with van der Waals surface area (Å²) in [6.07, 6.45) is 5.45. The van der Waals surface area contributed by atoms with E-state index in [0.29, 0.717) is 6.54 Å². The Morgan fingerprint density at radius 2 is 1.88 bits per heavy atom. The van der Waals surface area contributed by atoms with E-state index < -0.39 is 5.60 Å². The van der Waals surface area contributed by atoms with Gasteiger partial charge in [-0.15, -0.1) is 0 Å². The summed E-state index contributed by atoms with van der Waals surface area (Å²) in [5, 5.41) is 13.2. The third-order valence-electron chi connectivity index (χ3n) is 5.49. The molecule has 0 spiro atoms. The van der Waals surface area contributed by atoms with Crippen LogP contribution in [0.3, 0.4) is 0 Å². The van der Waals surface area contributed by atoms with E-state index in [1.807, 2.05) is 31.2 Å². The molecular weight excluding hydrogens is 346 g/mol. The first-order valence-corrected chi connectivity index (χ1v) is 9.44. The molecule has 1 aliphatic rings. The quantitative estimate of drug-likeness (QED) is 0.766. The highest BCUT2D eigenvalue weighted by molar-refractivity contribution is 6.31. The molecule has 1 unspecified atom stereocenters. The number of hydrogen-bond acceptors (Lipinski definition) is 3. The van der Waals surface area contributed by atoms with Gasteiger partial charge < -0.3 is 14.6 Å². The minimum Gasteiger partial charge on any atom is -0.384 e. The van der Waals surface area contributed by atoms with Crippen molar-refractivity contribution in [2.45, 2.75) is 31.9 Å². The van der Waals surface area contributed by atoms with Gasteiger partial charge >= 0.3 is 0 Å². The van der Waals surface area contributed by atoms with Gasteiger partial charge in [-0.05, 0) is 55.8 Å². The third-order valence-corrected chi connectivity index (χ3v) is 5.73. The fourth-order valence-electron chi connectivity index (χ4n) is 4.01. The maximum atomic E-state index is 11.2. The number of likely N-dealkylation sites (N-methyl/N-ethyl adjacent to an activating group) is 1. The van der Waals surface area contributed by atoms with E-state index in [9.17, 15) is 5.11 Å². The topological polar surface area (TPSA) is 41.3 Å². The van der Waals surface area contributed by atoms with Crippen molar-refractivity contribution in [2.75, 3.05) is 20.1 Å². The Kier molecular flexibility index (Phi) is 4.51. The molecule has 26 heavy (non-hydrogen) atoms. The van der Waals surface area contributed by atoms with Gasteiger partial charge in [0.15, 0.2) is 0 Å². The highest BCUT2D eigenvalue weighted by Gasteiger charge is 2.28. The smallest absolute Gasteiger partial charge is 0.105 e. The lowest BCUT2D eigenvalue weighted by Crippen LogP contribution is -2.29. The molecule has 3 heterocycles. The zero-order valence-corrected chi connectivity index (χ0v) is 16.0. The molecule has 0 amide bonds. The highest BCUT2D eigenvalue weighted by Crippen LogP contribution is 2.34. The number of halogens is 1. The summed E-state index contributed by atoms with van der Waals surface area (Å²) in [5.74, 6) is 0. The average Bonchev–Trinajstić information content (AvgIpc) is 2.76. The molecule has 0 aliphatic carbocycles. The van der Waals surface area contributed by atoms with Crippen molar-refractivity contribution in [2.24, 2.45) is 0 Å². The second-order valence-corrected chi connectivity index (χ2v) is 7.92. The zero-order valence-electron chi connectivity index (χ0n) is 15.2. The molecular formula is C21H24ClN3O. The molecule has 136 valence electrons. The monoisotopic (exact) mass is 369 g/mol. The van der Waals surface area contributed by atoms with E-state index in [0.717, 1.165) is 42.0 Å². The fraction of sp³-hybridized carbons (Fsp3) is 0.381. The van der Waals surface area contributed by atoms with Crippen LogP contribution in [0.1, 0.15) is 23.7 Å². The van der Waals surface area contributed by atoms with Crippen molar-refractivity contribution >= 4 is 22.5 Å². The van der Waals surface area contributed by atoms with Gasteiger partial charge in [-0.2, -0.15) is 0 Å². The van der Waals surface area contributed by atoms with Crippen LogP contribution in [0, 0.1) is 0 Å². The van der Waals surface area contributed by atoms with E-state index in [4.69, 9.17) is 11.6 Å². The van der Waals surface area contributed by atoms with Crippen molar-refractivity contribution in [1.29, 1.82) is 0 Å². The molecule has 0 fully saturated rings. The molecule has 0 saturated heterocycles. The van der Waals surface area contributed by atoms with Gasteiger partial charge in [0.05, 0.1) is 12.1 Å². The number of pyridine rings is 1. The van der Waals surface area contributed by atoms with Gasteiger partial charge in [-0.25, -0.2) is 0 Å². The first-order chi connectivity index (χ1) is 12.5. The summed E-state index contributed by atoms with van der Waals surface area (Å²) < 4.78 is 2.27. The van der Waals surface area contributed by atoms with Crippen LogP contribution in [-0.2, 0) is 25.0 Å². The average molecular weight is 370 g/mol. The van der Waals surface area contributed by atoms with E-state index in [1.54, 1.807) is 12.4 Å². The number of aromatic nitrogens is 2. The zero-order chi connectivity index (χ0) is 18.3. The lowest BCUT2D eigenvalue weighted by Gasteiger charge is -2.26. The molecule has 2 aromatic heterocycles. The second kappa shape index (κ2) is 6.69. The minimum absolute atomic E-state index is 0.493. The third kappa shape index (κ3) is 3.13. The Balaban J connectivity index is 1.85. The normalized spacial score (nSPS) is 17.7. The van der Waals surface area contributed by atoms with Gasteiger partial charge in [0, 0.05) is 48.0 Å². The Hall–Kier alpha value is -1.88. The van der Waals surface area contributed by atoms with E-state index in [-0.39, 0.29) is 0 Å². The van der Waals surface area contributed by atoms with Crippen molar-refractivity contribution in [3.05, 3.63) is 64.6 Å².